The first-order valence-corrected chi connectivity index (χ1v) is 9.49. The van der Waals surface area contributed by atoms with E-state index >= 15 is 0 Å². The normalized spacial score (nSPS) is 14.7. The fourth-order valence-electron chi connectivity index (χ4n) is 3.94. The lowest BCUT2D eigenvalue weighted by atomic mass is 10.0. The second kappa shape index (κ2) is 6.83. The van der Waals surface area contributed by atoms with E-state index in [-0.39, 0.29) is 0 Å². The van der Waals surface area contributed by atoms with Crippen LogP contribution in [-0.2, 0) is 0 Å². The van der Waals surface area contributed by atoms with Crippen LogP contribution >= 0.6 is 0 Å². The molecule has 0 bridgehead atoms. The summed E-state index contributed by atoms with van der Waals surface area (Å²) >= 11 is 0. The molecule has 1 aliphatic rings. The van der Waals surface area contributed by atoms with E-state index in [1.54, 1.807) is 6.20 Å². The third kappa shape index (κ3) is 3.05. The average Bonchev–Trinajstić information content (AvgIpc) is 3.39. The summed E-state index contributed by atoms with van der Waals surface area (Å²) in [5.74, 6) is 1.46. The number of rotatable bonds is 4. The Labute approximate surface area is 158 Å². The van der Waals surface area contributed by atoms with Crippen LogP contribution in [0.4, 0.5) is 11.5 Å². The van der Waals surface area contributed by atoms with Gasteiger partial charge in [-0.3, -0.25) is 4.98 Å². The molecule has 0 amide bonds. The summed E-state index contributed by atoms with van der Waals surface area (Å²) in [7, 11) is 0. The van der Waals surface area contributed by atoms with Gasteiger partial charge in [-0.1, -0.05) is 43.2 Å². The van der Waals surface area contributed by atoms with Crippen molar-refractivity contribution in [3.63, 3.8) is 0 Å². The second-order valence-corrected chi connectivity index (χ2v) is 7.08. The van der Waals surface area contributed by atoms with Gasteiger partial charge in [-0.05, 0) is 30.9 Å². The third-order valence-electron chi connectivity index (χ3n) is 5.30. The van der Waals surface area contributed by atoms with Crippen molar-refractivity contribution < 1.29 is 0 Å². The molecule has 1 fully saturated rings. The van der Waals surface area contributed by atoms with E-state index < -0.39 is 0 Å². The Morgan fingerprint density at radius 2 is 1.81 bits per heavy atom. The highest BCUT2D eigenvalue weighted by Crippen LogP contribution is 2.37. The van der Waals surface area contributed by atoms with Crippen LogP contribution in [0.1, 0.15) is 37.2 Å². The molecule has 5 heteroatoms. The molecule has 3 heterocycles. The highest BCUT2D eigenvalue weighted by molar-refractivity contribution is 5.70. The first kappa shape index (κ1) is 16.0. The van der Waals surface area contributed by atoms with Gasteiger partial charge >= 0.3 is 0 Å². The lowest BCUT2D eigenvalue weighted by Crippen LogP contribution is -2.03. The topological polar surface area (TPSA) is 55.1 Å². The highest BCUT2D eigenvalue weighted by atomic mass is 15.3. The minimum Gasteiger partial charge on any atom is -0.339 e. The van der Waals surface area contributed by atoms with Crippen LogP contribution in [0.5, 0.6) is 0 Å². The zero-order valence-corrected chi connectivity index (χ0v) is 15.0. The first-order chi connectivity index (χ1) is 13.4. The Morgan fingerprint density at radius 1 is 0.963 bits per heavy atom. The number of fused-ring (bicyclic) bond motifs is 1. The van der Waals surface area contributed by atoms with Gasteiger partial charge in [0.05, 0.1) is 23.8 Å². The zero-order chi connectivity index (χ0) is 18.1. The molecule has 134 valence electrons. The van der Waals surface area contributed by atoms with Crippen molar-refractivity contribution in [1.82, 2.24) is 19.6 Å². The maximum absolute atomic E-state index is 5.00. The molecule has 0 saturated heterocycles. The standard InChI is InChI=1S/C22H21N5/c1-2-9-17(10-3-1)20-13-21(25-18-11-6-12-23-14-18)27-22(26-20)19(15-24-27)16-7-4-5-8-16/h1-3,6,9-16,25H,4-5,7-8H2. The monoisotopic (exact) mass is 355 g/mol. The molecular formula is C22H21N5. The van der Waals surface area contributed by atoms with Gasteiger partial charge in [-0.15, -0.1) is 0 Å². The second-order valence-electron chi connectivity index (χ2n) is 7.08. The number of nitrogens with zero attached hydrogens (tertiary/aromatic N) is 4. The van der Waals surface area contributed by atoms with E-state index in [0.29, 0.717) is 5.92 Å². The van der Waals surface area contributed by atoms with Crippen LogP contribution in [-0.4, -0.2) is 19.6 Å². The van der Waals surface area contributed by atoms with Crippen LogP contribution < -0.4 is 5.32 Å². The van der Waals surface area contributed by atoms with Gasteiger partial charge in [0.1, 0.15) is 5.82 Å². The summed E-state index contributed by atoms with van der Waals surface area (Å²) < 4.78 is 1.92. The predicted octanol–water partition coefficient (Wildman–Crippen LogP) is 5.19. The molecule has 3 aromatic heterocycles. The molecule has 1 saturated carbocycles. The van der Waals surface area contributed by atoms with Gasteiger partial charge in [0.15, 0.2) is 5.65 Å². The molecule has 0 atom stereocenters. The van der Waals surface area contributed by atoms with Crippen molar-refractivity contribution in [2.75, 3.05) is 5.32 Å². The number of hydrogen-bond donors (Lipinski definition) is 1. The van der Waals surface area contributed by atoms with Gasteiger partial charge in [0.2, 0.25) is 0 Å². The molecule has 0 aliphatic heterocycles. The van der Waals surface area contributed by atoms with Crippen LogP contribution in [0, 0.1) is 0 Å². The van der Waals surface area contributed by atoms with Crippen LogP contribution in [0.2, 0.25) is 0 Å². The summed E-state index contributed by atoms with van der Waals surface area (Å²) in [6.07, 6.45) is 10.6. The predicted molar refractivity (Wildman–Crippen MR) is 107 cm³/mol. The summed E-state index contributed by atoms with van der Waals surface area (Å²) in [5, 5.41) is 8.12. The lowest BCUT2D eigenvalue weighted by molar-refractivity contribution is 0.727. The molecular weight excluding hydrogens is 334 g/mol. The van der Waals surface area contributed by atoms with Crippen molar-refractivity contribution in [3.8, 4) is 11.3 Å². The molecule has 1 aromatic carbocycles. The molecule has 1 aliphatic carbocycles. The van der Waals surface area contributed by atoms with Crippen molar-refractivity contribution in [2.24, 2.45) is 0 Å². The maximum Gasteiger partial charge on any atom is 0.161 e. The summed E-state index contributed by atoms with van der Waals surface area (Å²) in [4.78, 5) is 9.20. The Hall–Kier alpha value is -3.21. The largest absolute Gasteiger partial charge is 0.339 e. The van der Waals surface area contributed by atoms with E-state index in [9.17, 15) is 0 Å². The summed E-state index contributed by atoms with van der Waals surface area (Å²) in [5.41, 5.74) is 5.21. The van der Waals surface area contributed by atoms with E-state index in [4.69, 9.17) is 4.98 Å². The van der Waals surface area contributed by atoms with Gasteiger partial charge in [0, 0.05) is 23.4 Å². The van der Waals surface area contributed by atoms with Gasteiger partial charge < -0.3 is 5.32 Å². The van der Waals surface area contributed by atoms with Crippen LogP contribution in [0.25, 0.3) is 16.9 Å². The van der Waals surface area contributed by atoms with Gasteiger partial charge in [0.25, 0.3) is 0 Å². The zero-order valence-electron chi connectivity index (χ0n) is 15.0. The fourth-order valence-corrected chi connectivity index (χ4v) is 3.94. The number of benzene rings is 1. The number of anilines is 2. The average molecular weight is 355 g/mol. The van der Waals surface area contributed by atoms with Gasteiger partial charge in [-0.25, -0.2) is 4.98 Å². The molecule has 5 nitrogen and oxygen atoms in total. The first-order valence-electron chi connectivity index (χ1n) is 9.49. The smallest absolute Gasteiger partial charge is 0.161 e. The molecule has 27 heavy (non-hydrogen) atoms. The maximum atomic E-state index is 5.00. The Morgan fingerprint density at radius 3 is 2.59 bits per heavy atom. The molecule has 5 rings (SSSR count). The van der Waals surface area contributed by atoms with E-state index in [1.807, 2.05) is 47.2 Å². The summed E-state index contributed by atoms with van der Waals surface area (Å²) in [6.45, 7) is 0. The van der Waals surface area contributed by atoms with Crippen LogP contribution in [0.3, 0.4) is 0 Å². The van der Waals surface area contributed by atoms with E-state index in [1.165, 1.54) is 31.2 Å². The molecule has 0 radical (unpaired) electrons. The van der Waals surface area contributed by atoms with Crippen molar-refractivity contribution in [1.29, 1.82) is 0 Å². The Balaban J connectivity index is 1.67. The Bertz CT molecular complexity index is 1050. The lowest BCUT2D eigenvalue weighted by Gasteiger charge is -2.12. The molecule has 4 aromatic rings. The van der Waals surface area contributed by atoms with E-state index in [0.717, 1.165) is 28.4 Å². The molecule has 0 unspecified atom stereocenters. The molecule has 0 spiro atoms. The quantitative estimate of drug-likeness (QED) is 0.547. The fraction of sp³-hybridized carbons (Fsp3) is 0.227. The van der Waals surface area contributed by atoms with Gasteiger partial charge in [-0.2, -0.15) is 9.61 Å². The number of pyridine rings is 1. The number of nitrogens with one attached hydrogen (secondary N) is 1. The van der Waals surface area contributed by atoms with E-state index in [2.05, 4.69) is 33.6 Å². The minimum absolute atomic E-state index is 0.562. The molecule has 1 N–H and O–H groups in total. The third-order valence-corrected chi connectivity index (χ3v) is 5.30. The number of aromatic nitrogens is 4. The van der Waals surface area contributed by atoms with Crippen molar-refractivity contribution >= 4 is 17.2 Å². The Kier molecular flexibility index (Phi) is 4.05. The highest BCUT2D eigenvalue weighted by Gasteiger charge is 2.23. The minimum atomic E-state index is 0.562. The summed E-state index contributed by atoms with van der Waals surface area (Å²) in [6, 6.07) is 16.3. The SMILES string of the molecule is c1ccc(-c2cc(Nc3cccnc3)n3ncc(C4CCCC4)c3n2)cc1. The number of hydrogen-bond acceptors (Lipinski definition) is 4. The van der Waals surface area contributed by atoms with Crippen LogP contribution in [0.15, 0.2) is 67.1 Å². The van der Waals surface area contributed by atoms with Crippen molar-refractivity contribution in [2.45, 2.75) is 31.6 Å². The van der Waals surface area contributed by atoms with Crippen molar-refractivity contribution in [3.05, 3.63) is 72.7 Å².